The van der Waals surface area contributed by atoms with Crippen LogP contribution in [0.2, 0.25) is 5.02 Å². The van der Waals surface area contributed by atoms with Crippen LogP contribution in [0.25, 0.3) is 0 Å². The SMILES string of the molecule is NC(=O)C(O)CNC(=O)c1cc(Cl)ccc1F. The zero-order valence-corrected chi connectivity index (χ0v) is 9.37. The molecule has 0 bridgehead atoms. The number of hydrogen-bond acceptors (Lipinski definition) is 3. The van der Waals surface area contributed by atoms with Gasteiger partial charge in [-0.25, -0.2) is 4.39 Å². The second-order valence-corrected chi connectivity index (χ2v) is 3.69. The van der Waals surface area contributed by atoms with Gasteiger partial charge in [-0.05, 0) is 18.2 Å². The number of carbonyl (C=O) groups is 2. The molecule has 0 aromatic heterocycles. The minimum atomic E-state index is -1.51. The average molecular weight is 261 g/mol. The van der Waals surface area contributed by atoms with Crippen molar-refractivity contribution in [2.45, 2.75) is 6.10 Å². The van der Waals surface area contributed by atoms with Crippen molar-refractivity contribution in [2.75, 3.05) is 6.54 Å². The van der Waals surface area contributed by atoms with Crippen molar-refractivity contribution in [3.63, 3.8) is 0 Å². The van der Waals surface area contributed by atoms with Crippen LogP contribution < -0.4 is 11.1 Å². The zero-order chi connectivity index (χ0) is 13.0. The van der Waals surface area contributed by atoms with E-state index in [9.17, 15) is 14.0 Å². The highest BCUT2D eigenvalue weighted by Gasteiger charge is 2.15. The van der Waals surface area contributed by atoms with E-state index in [2.05, 4.69) is 5.32 Å². The lowest BCUT2D eigenvalue weighted by atomic mass is 10.2. The van der Waals surface area contributed by atoms with Crippen LogP contribution in [-0.4, -0.2) is 29.6 Å². The number of halogens is 2. The van der Waals surface area contributed by atoms with Gasteiger partial charge in [-0.1, -0.05) is 11.6 Å². The summed E-state index contributed by atoms with van der Waals surface area (Å²) in [6.45, 7) is -0.389. The summed E-state index contributed by atoms with van der Waals surface area (Å²) in [7, 11) is 0. The highest BCUT2D eigenvalue weighted by Crippen LogP contribution is 2.14. The molecule has 1 rings (SSSR count). The molecule has 0 aliphatic carbocycles. The summed E-state index contributed by atoms with van der Waals surface area (Å²) in [6, 6.07) is 3.48. The molecular formula is C10H10ClFN2O3. The van der Waals surface area contributed by atoms with Crippen molar-refractivity contribution < 1.29 is 19.1 Å². The van der Waals surface area contributed by atoms with E-state index >= 15 is 0 Å². The van der Waals surface area contributed by atoms with Crippen LogP contribution in [-0.2, 0) is 4.79 Å². The zero-order valence-electron chi connectivity index (χ0n) is 8.61. The molecule has 17 heavy (non-hydrogen) atoms. The first kappa shape index (κ1) is 13.4. The Hall–Kier alpha value is -1.66. The Balaban J connectivity index is 2.70. The first-order chi connectivity index (χ1) is 7.91. The number of carbonyl (C=O) groups excluding carboxylic acids is 2. The number of nitrogens with two attached hydrogens (primary N) is 1. The van der Waals surface area contributed by atoms with Gasteiger partial charge < -0.3 is 16.2 Å². The quantitative estimate of drug-likeness (QED) is 0.714. The van der Waals surface area contributed by atoms with Gasteiger partial charge in [0.15, 0.2) is 0 Å². The van der Waals surface area contributed by atoms with Gasteiger partial charge in [0, 0.05) is 5.02 Å². The van der Waals surface area contributed by atoms with Crippen LogP contribution in [0.3, 0.4) is 0 Å². The van der Waals surface area contributed by atoms with Gasteiger partial charge in [0.25, 0.3) is 5.91 Å². The fourth-order valence-corrected chi connectivity index (χ4v) is 1.23. The van der Waals surface area contributed by atoms with Crippen molar-refractivity contribution in [2.24, 2.45) is 5.73 Å². The number of hydrogen-bond donors (Lipinski definition) is 3. The number of aliphatic hydroxyl groups is 1. The van der Waals surface area contributed by atoms with E-state index in [-0.39, 0.29) is 17.1 Å². The smallest absolute Gasteiger partial charge is 0.254 e. The number of aliphatic hydroxyl groups excluding tert-OH is 1. The Kier molecular flexibility index (Phi) is 4.42. The molecule has 92 valence electrons. The van der Waals surface area contributed by atoms with Gasteiger partial charge in [-0.15, -0.1) is 0 Å². The second-order valence-electron chi connectivity index (χ2n) is 3.25. The summed E-state index contributed by atoms with van der Waals surface area (Å²) in [5.41, 5.74) is 4.51. The first-order valence-corrected chi connectivity index (χ1v) is 5.00. The molecule has 4 N–H and O–H groups in total. The molecule has 1 aromatic carbocycles. The van der Waals surface area contributed by atoms with Crippen LogP contribution in [0.5, 0.6) is 0 Å². The van der Waals surface area contributed by atoms with Crippen LogP contribution >= 0.6 is 11.6 Å². The van der Waals surface area contributed by atoms with E-state index < -0.39 is 23.7 Å². The van der Waals surface area contributed by atoms with E-state index in [0.29, 0.717) is 0 Å². The lowest BCUT2D eigenvalue weighted by molar-refractivity contribution is -0.125. The number of nitrogens with one attached hydrogen (secondary N) is 1. The molecule has 2 amide bonds. The van der Waals surface area contributed by atoms with Crippen molar-refractivity contribution in [1.29, 1.82) is 0 Å². The lowest BCUT2D eigenvalue weighted by Gasteiger charge is -2.09. The molecular weight excluding hydrogens is 251 g/mol. The number of rotatable bonds is 4. The third kappa shape index (κ3) is 3.69. The summed E-state index contributed by atoms with van der Waals surface area (Å²) < 4.78 is 13.2. The molecule has 7 heteroatoms. The standard InChI is InChI=1S/C10H10ClFN2O3/c11-5-1-2-7(12)6(3-5)10(17)14-4-8(15)9(13)16/h1-3,8,15H,4H2,(H2,13,16)(H,14,17). The molecule has 0 aliphatic heterocycles. The van der Waals surface area contributed by atoms with E-state index in [0.717, 1.165) is 12.1 Å². The third-order valence-electron chi connectivity index (χ3n) is 1.96. The Morgan fingerprint density at radius 2 is 2.18 bits per heavy atom. The Bertz CT molecular complexity index is 453. The van der Waals surface area contributed by atoms with Gasteiger partial charge in [0.1, 0.15) is 11.9 Å². The fraction of sp³-hybridized carbons (Fsp3) is 0.200. The van der Waals surface area contributed by atoms with Gasteiger partial charge in [0.2, 0.25) is 5.91 Å². The second kappa shape index (κ2) is 5.60. The normalized spacial score (nSPS) is 11.9. The summed E-state index contributed by atoms with van der Waals surface area (Å²) >= 11 is 5.60. The first-order valence-electron chi connectivity index (χ1n) is 4.62. The van der Waals surface area contributed by atoms with E-state index in [1.165, 1.54) is 6.07 Å². The molecule has 0 saturated heterocycles. The van der Waals surface area contributed by atoms with Gasteiger partial charge in [-0.2, -0.15) is 0 Å². The number of benzene rings is 1. The van der Waals surface area contributed by atoms with Crippen LogP contribution in [0.4, 0.5) is 4.39 Å². The highest BCUT2D eigenvalue weighted by atomic mass is 35.5. The van der Waals surface area contributed by atoms with Crippen LogP contribution in [0.15, 0.2) is 18.2 Å². The number of amides is 2. The minimum absolute atomic E-state index is 0.201. The minimum Gasteiger partial charge on any atom is -0.381 e. The summed E-state index contributed by atoms with van der Waals surface area (Å²) in [6.07, 6.45) is -1.51. The van der Waals surface area contributed by atoms with Gasteiger partial charge in [-0.3, -0.25) is 9.59 Å². The Morgan fingerprint density at radius 3 is 2.76 bits per heavy atom. The summed E-state index contributed by atoms with van der Waals surface area (Å²) in [5.74, 6) is -2.51. The van der Waals surface area contributed by atoms with Gasteiger partial charge >= 0.3 is 0 Å². The summed E-state index contributed by atoms with van der Waals surface area (Å²) in [4.78, 5) is 22.0. The molecule has 0 aliphatic rings. The molecule has 1 unspecified atom stereocenters. The van der Waals surface area contributed by atoms with Gasteiger partial charge in [0.05, 0.1) is 12.1 Å². The largest absolute Gasteiger partial charge is 0.381 e. The molecule has 0 spiro atoms. The maximum absolute atomic E-state index is 13.2. The molecule has 1 aromatic rings. The van der Waals surface area contributed by atoms with Crippen molar-refractivity contribution >= 4 is 23.4 Å². The molecule has 5 nitrogen and oxygen atoms in total. The average Bonchev–Trinajstić information content (AvgIpc) is 2.28. The van der Waals surface area contributed by atoms with Crippen molar-refractivity contribution in [1.82, 2.24) is 5.32 Å². The Morgan fingerprint density at radius 1 is 1.53 bits per heavy atom. The monoisotopic (exact) mass is 260 g/mol. The van der Waals surface area contributed by atoms with Crippen LogP contribution in [0.1, 0.15) is 10.4 Å². The van der Waals surface area contributed by atoms with E-state index in [1.54, 1.807) is 0 Å². The summed E-state index contributed by atoms with van der Waals surface area (Å²) in [5, 5.41) is 11.4. The maximum atomic E-state index is 13.2. The predicted octanol–water partition coefficient (Wildman–Crippen LogP) is 0.0551. The fourth-order valence-electron chi connectivity index (χ4n) is 1.06. The van der Waals surface area contributed by atoms with E-state index in [1.807, 2.05) is 0 Å². The molecule has 0 radical (unpaired) electrons. The van der Waals surface area contributed by atoms with Crippen molar-refractivity contribution in [3.05, 3.63) is 34.6 Å². The lowest BCUT2D eigenvalue weighted by Crippen LogP contribution is -2.40. The number of primary amides is 1. The third-order valence-corrected chi connectivity index (χ3v) is 2.19. The molecule has 0 fully saturated rings. The molecule has 1 atom stereocenters. The highest BCUT2D eigenvalue weighted by molar-refractivity contribution is 6.31. The molecule has 0 saturated carbocycles. The maximum Gasteiger partial charge on any atom is 0.254 e. The predicted molar refractivity (Wildman–Crippen MR) is 58.9 cm³/mol. The van der Waals surface area contributed by atoms with Crippen molar-refractivity contribution in [3.8, 4) is 0 Å². The molecule has 0 heterocycles. The topological polar surface area (TPSA) is 92.4 Å². The van der Waals surface area contributed by atoms with Crippen LogP contribution in [0, 0.1) is 5.82 Å². The Labute approximate surface area is 101 Å². The van der Waals surface area contributed by atoms with E-state index in [4.69, 9.17) is 22.4 Å².